The lowest BCUT2D eigenvalue weighted by Crippen LogP contribution is -2.53. The molecule has 6 N–H and O–H groups in total. The summed E-state index contributed by atoms with van der Waals surface area (Å²) in [4.78, 5) is 47.8. The van der Waals surface area contributed by atoms with Crippen molar-refractivity contribution in [2.24, 2.45) is 11.7 Å². The summed E-state index contributed by atoms with van der Waals surface area (Å²) in [6, 6.07) is 6.34. The zero-order chi connectivity index (χ0) is 22.0. The molecule has 1 aromatic rings. The summed E-state index contributed by atoms with van der Waals surface area (Å²) < 4.78 is 0. The van der Waals surface area contributed by atoms with E-state index in [2.05, 4.69) is 16.0 Å². The first kappa shape index (κ1) is 24.1. The molecule has 29 heavy (non-hydrogen) atoms. The maximum Gasteiger partial charge on any atom is 0.326 e. The largest absolute Gasteiger partial charge is 0.480 e. The first-order valence-corrected chi connectivity index (χ1v) is 9.49. The van der Waals surface area contributed by atoms with Crippen molar-refractivity contribution >= 4 is 23.7 Å². The van der Waals surface area contributed by atoms with Gasteiger partial charge in [0.2, 0.25) is 17.7 Å². The summed E-state index contributed by atoms with van der Waals surface area (Å²) >= 11 is 0. The van der Waals surface area contributed by atoms with Crippen LogP contribution in [0.4, 0.5) is 0 Å². The number of carboxylic acid groups (broad SMARTS) is 1. The molecule has 160 valence electrons. The van der Waals surface area contributed by atoms with Crippen molar-refractivity contribution in [3.05, 3.63) is 35.9 Å². The molecule has 0 bridgehead atoms. The molecule has 0 aliphatic heterocycles. The topological polar surface area (TPSA) is 151 Å². The number of hydrogen-bond acceptors (Lipinski definition) is 5. The monoisotopic (exact) mass is 406 g/mol. The zero-order valence-corrected chi connectivity index (χ0v) is 17.0. The van der Waals surface area contributed by atoms with E-state index in [-0.39, 0.29) is 18.8 Å². The van der Waals surface area contributed by atoms with E-state index >= 15 is 0 Å². The second-order valence-electron chi connectivity index (χ2n) is 7.35. The van der Waals surface area contributed by atoms with E-state index in [1.54, 1.807) is 0 Å². The van der Waals surface area contributed by atoms with Gasteiger partial charge in [0.15, 0.2) is 0 Å². The molecule has 3 amide bonds. The summed E-state index contributed by atoms with van der Waals surface area (Å²) in [5.74, 6) is -2.73. The van der Waals surface area contributed by atoms with Crippen LogP contribution in [0.5, 0.6) is 0 Å². The second-order valence-corrected chi connectivity index (χ2v) is 7.35. The van der Waals surface area contributed by atoms with E-state index in [1.165, 1.54) is 6.92 Å². The molecule has 0 aliphatic carbocycles. The van der Waals surface area contributed by atoms with Gasteiger partial charge in [-0.1, -0.05) is 44.2 Å². The van der Waals surface area contributed by atoms with Crippen LogP contribution in [0.25, 0.3) is 0 Å². The van der Waals surface area contributed by atoms with Crippen molar-refractivity contribution in [3.63, 3.8) is 0 Å². The lowest BCUT2D eigenvalue weighted by Gasteiger charge is -2.20. The Morgan fingerprint density at radius 3 is 2.10 bits per heavy atom. The molecule has 9 heteroatoms. The molecule has 0 spiro atoms. The first-order chi connectivity index (χ1) is 13.6. The Balaban J connectivity index is 2.71. The van der Waals surface area contributed by atoms with Crippen molar-refractivity contribution < 1.29 is 24.3 Å². The van der Waals surface area contributed by atoms with E-state index in [4.69, 9.17) is 5.73 Å². The van der Waals surface area contributed by atoms with Gasteiger partial charge in [-0.05, 0) is 24.8 Å². The Labute approximate surface area is 170 Å². The molecule has 1 rings (SSSR count). The van der Waals surface area contributed by atoms with Crippen LogP contribution in [0.1, 0.15) is 32.8 Å². The molecule has 1 aromatic carbocycles. The van der Waals surface area contributed by atoms with Crippen molar-refractivity contribution in [3.8, 4) is 0 Å². The van der Waals surface area contributed by atoms with Gasteiger partial charge >= 0.3 is 5.97 Å². The molecule has 3 atom stereocenters. The molecule has 0 radical (unpaired) electrons. The second kappa shape index (κ2) is 11.8. The Morgan fingerprint density at radius 2 is 1.59 bits per heavy atom. The Kier molecular flexibility index (Phi) is 9.81. The van der Waals surface area contributed by atoms with Crippen LogP contribution in [0.2, 0.25) is 0 Å². The van der Waals surface area contributed by atoms with Gasteiger partial charge in [-0.2, -0.15) is 0 Å². The highest BCUT2D eigenvalue weighted by Gasteiger charge is 2.25. The van der Waals surface area contributed by atoms with E-state index in [1.807, 2.05) is 44.2 Å². The predicted molar refractivity (Wildman–Crippen MR) is 108 cm³/mol. The quantitative estimate of drug-likeness (QED) is 0.343. The summed E-state index contributed by atoms with van der Waals surface area (Å²) in [6.07, 6.45) is 0.494. The Hall–Kier alpha value is -2.94. The molecule has 0 aromatic heterocycles. The highest BCUT2D eigenvalue weighted by Crippen LogP contribution is 2.05. The van der Waals surface area contributed by atoms with Gasteiger partial charge in [0.05, 0.1) is 12.6 Å². The van der Waals surface area contributed by atoms with E-state index in [0.29, 0.717) is 0 Å². The van der Waals surface area contributed by atoms with E-state index < -0.39 is 48.4 Å². The number of nitrogens with one attached hydrogen (secondary N) is 3. The molecule has 0 aliphatic rings. The summed E-state index contributed by atoms with van der Waals surface area (Å²) in [5.41, 5.74) is 6.38. The molecule has 0 saturated heterocycles. The van der Waals surface area contributed by atoms with Gasteiger partial charge in [0.1, 0.15) is 12.1 Å². The predicted octanol–water partition coefficient (Wildman–Crippen LogP) is -0.207. The van der Waals surface area contributed by atoms with Crippen LogP contribution in [-0.2, 0) is 25.6 Å². The van der Waals surface area contributed by atoms with Gasteiger partial charge in [0.25, 0.3) is 0 Å². The number of carboxylic acids is 1. The summed E-state index contributed by atoms with van der Waals surface area (Å²) in [5, 5.41) is 16.6. The van der Waals surface area contributed by atoms with Crippen LogP contribution in [0.15, 0.2) is 30.3 Å². The number of carbonyl (C=O) groups excluding carboxylic acids is 3. The van der Waals surface area contributed by atoms with Gasteiger partial charge in [0, 0.05) is 6.42 Å². The average Bonchev–Trinajstić information content (AvgIpc) is 2.65. The molecule has 0 fully saturated rings. The Bertz CT molecular complexity index is 706. The summed E-state index contributed by atoms with van der Waals surface area (Å²) in [7, 11) is 0. The Morgan fingerprint density at radius 1 is 0.966 bits per heavy atom. The number of amides is 3. The summed E-state index contributed by atoms with van der Waals surface area (Å²) in [6.45, 7) is 4.79. The van der Waals surface area contributed by atoms with Gasteiger partial charge in [-0.15, -0.1) is 0 Å². The molecular weight excluding hydrogens is 376 g/mol. The van der Waals surface area contributed by atoms with Crippen LogP contribution >= 0.6 is 0 Å². The van der Waals surface area contributed by atoms with Gasteiger partial charge in [-0.25, -0.2) is 4.79 Å². The maximum absolute atomic E-state index is 12.5. The number of carbonyl (C=O) groups is 4. The first-order valence-electron chi connectivity index (χ1n) is 9.49. The smallest absolute Gasteiger partial charge is 0.326 e. The third kappa shape index (κ3) is 9.20. The highest BCUT2D eigenvalue weighted by atomic mass is 16.4. The number of hydrogen-bond donors (Lipinski definition) is 5. The lowest BCUT2D eigenvalue weighted by molar-refractivity contribution is -0.142. The molecule has 3 unspecified atom stereocenters. The fraction of sp³-hybridized carbons (Fsp3) is 0.500. The SMILES string of the molecule is CC(C)CC(NC(=O)CNC(=O)C(Cc1ccccc1)NC(=O)C(C)N)C(=O)O. The van der Waals surface area contributed by atoms with Crippen molar-refractivity contribution in [2.75, 3.05) is 6.54 Å². The maximum atomic E-state index is 12.5. The minimum atomic E-state index is -1.13. The molecule has 9 nitrogen and oxygen atoms in total. The van der Waals surface area contributed by atoms with E-state index in [9.17, 15) is 24.3 Å². The molecule has 0 heterocycles. The zero-order valence-electron chi connectivity index (χ0n) is 17.0. The average molecular weight is 406 g/mol. The number of rotatable bonds is 11. The third-order valence-corrected chi connectivity index (χ3v) is 4.09. The molecule has 0 saturated carbocycles. The lowest BCUT2D eigenvalue weighted by atomic mass is 10.0. The minimum Gasteiger partial charge on any atom is -0.480 e. The van der Waals surface area contributed by atoms with Gasteiger partial charge in [-0.3, -0.25) is 14.4 Å². The fourth-order valence-electron chi connectivity index (χ4n) is 2.59. The third-order valence-electron chi connectivity index (χ3n) is 4.09. The number of benzene rings is 1. The van der Waals surface area contributed by atoms with E-state index in [0.717, 1.165) is 5.56 Å². The normalized spacial score (nSPS) is 13.8. The standard InChI is InChI=1S/C20H30N4O5/c1-12(2)9-16(20(28)29)23-17(25)11-22-19(27)15(24-18(26)13(3)21)10-14-7-5-4-6-8-14/h4-8,12-13,15-16H,9-11,21H2,1-3H3,(H,22,27)(H,23,25)(H,24,26)(H,28,29). The number of aliphatic carboxylic acids is 1. The van der Waals surface area contributed by atoms with Crippen LogP contribution in [0.3, 0.4) is 0 Å². The van der Waals surface area contributed by atoms with Gasteiger partial charge < -0.3 is 26.8 Å². The number of nitrogens with two attached hydrogens (primary N) is 1. The minimum absolute atomic E-state index is 0.0784. The van der Waals surface area contributed by atoms with Crippen LogP contribution in [0, 0.1) is 5.92 Å². The fourth-order valence-corrected chi connectivity index (χ4v) is 2.59. The van der Waals surface area contributed by atoms with Crippen molar-refractivity contribution in [1.29, 1.82) is 0 Å². The van der Waals surface area contributed by atoms with Crippen molar-refractivity contribution in [2.45, 2.75) is 51.7 Å². The van der Waals surface area contributed by atoms with Crippen molar-refractivity contribution in [1.82, 2.24) is 16.0 Å². The molecular formula is C20H30N4O5. The highest BCUT2D eigenvalue weighted by molar-refractivity contribution is 5.92. The van der Waals surface area contributed by atoms with Crippen LogP contribution < -0.4 is 21.7 Å². The van der Waals surface area contributed by atoms with Crippen LogP contribution in [-0.4, -0.2) is 53.5 Å².